The molecule has 0 bridgehead atoms. The van der Waals surface area contributed by atoms with Crippen molar-refractivity contribution in [2.75, 3.05) is 0 Å². The van der Waals surface area contributed by atoms with Crippen molar-refractivity contribution >= 4 is 0 Å². The van der Waals surface area contributed by atoms with Crippen molar-refractivity contribution in [3.8, 4) is 0 Å². The van der Waals surface area contributed by atoms with Gasteiger partial charge in [0.25, 0.3) is 0 Å². The summed E-state index contributed by atoms with van der Waals surface area (Å²) < 4.78 is 0. The van der Waals surface area contributed by atoms with E-state index in [0.29, 0.717) is 11.8 Å². The fraction of sp³-hybridized carbons (Fsp3) is 0.667. The summed E-state index contributed by atoms with van der Waals surface area (Å²) in [5, 5.41) is 10.1. The highest BCUT2D eigenvalue weighted by atomic mass is 16.3. The Morgan fingerprint density at radius 3 is 2.77 bits per heavy atom. The van der Waals surface area contributed by atoms with E-state index in [1.54, 1.807) is 0 Å². The molecule has 0 aromatic heterocycles. The molecule has 1 heteroatoms. The zero-order valence-electron chi connectivity index (χ0n) is 7.82. The van der Waals surface area contributed by atoms with Gasteiger partial charge in [-0.3, -0.25) is 0 Å². The molecule has 3 rings (SSSR count). The van der Waals surface area contributed by atoms with E-state index in [9.17, 15) is 5.11 Å². The van der Waals surface area contributed by atoms with Crippen LogP contribution in [0, 0.1) is 17.3 Å². The first kappa shape index (κ1) is 7.81. The number of hydrogen-bond acceptors (Lipinski definition) is 1. The average molecular weight is 176 g/mol. The van der Waals surface area contributed by atoms with Crippen LogP contribution in [-0.4, -0.2) is 11.2 Å². The minimum absolute atomic E-state index is 0.0776. The molecular weight excluding hydrogens is 160 g/mol. The SMILES string of the molecule is O[C@H]1CCC[C@H]2C=CC[C@@H]3C=C[C@]213. The summed E-state index contributed by atoms with van der Waals surface area (Å²) in [6.07, 6.45) is 13.7. The second-order valence-corrected chi connectivity index (χ2v) is 4.68. The molecular formula is C12H16O. The van der Waals surface area contributed by atoms with Gasteiger partial charge in [-0.05, 0) is 31.1 Å². The van der Waals surface area contributed by atoms with Crippen LogP contribution in [0.3, 0.4) is 0 Å². The first-order chi connectivity index (χ1) is 6.34. The molecule has 1 fully saturated rings. The molecule has 0 saturated heterocycles. The molecule has 13 heavy (non-hydrogen) atoms. The van der Waals surface area contributed by atoms with Gasteiger partial charge in [0.1, 0.15) is 0 Å². The van der Waals surface area contributed by atoms with Gasteiger partial charge in [-0.1, -0.05) is 30.7 Å². The molecule has 0 radical (unpaired) electrons. The summed E-state index contributed by atoms with van der Waals surface area (Å²) in [5.41, 5.74) is 0.160. The van der Waals surface area contributed by atoms with Crippen molar-refractivity contribution in [3.63, 3.8) is 0 Å². The molecule has 0 heterocycles. The van der Waals surface area contributed by atoms with Crippen molar-refractivity contribution < 1.29 is 5.11 Å². The summed E-state index contributed by atoms with van der Waals surface area (Å²) in [4.78, 5) is 0. The Kier molecular flexibility index (Phi) is 1.49. The van der Waals surface area contributed by atoms with Gasteiger partial charge in [-0.25, -0.2) is 0 Å². The lowest BCUT2D eigenvalue weighted by molar-refractivity contribution is -0.0510. The lowest BCUT2D eigenvalue weighted by atomic mass is 9.50. The van der Waals surface area contributed by atoms with E-state index >= 15 is 0 Å². The lowest BCUT2D eigenvalue weighted by Crippen LogP contribution is -2.53. The Hall–Kier alpha value is -0.560. The van der Waals surface area contributed by atoms with E-state index < -0.39 is 0 Å². The second-order valence-electron chi connectivity index (χ2n) is 4.68. The highest BCUT2D eigenvalue weighted by Gasteiger charge is 2.53. The third-order valence-electron chi connectivity index (χ3n) is 4.23. The fourth-order valence-corrected chi connectivity index (χ4v) is 3.42. The van der Waals surface area contributed by atoms with Crippen LogP contribution in [0.2, 0.25) is 0 Å². The molecule has 1 nitrogen and oxygen atoms in total. The molecule has 0 aromatic rings. The van der Waals surface area contributed by atoms with Crippen molar-refractivity contribution in [1.29, 1.82) is 0 Å². The maximum atomic E-state index is 10.1. The van der Waals surface area contributed by atoms with Gasteiger partial charge in [0.05, 0.1) is 6.10 Å². The Bertz CT molecular complexity index is 279. The molecule has 3 aliphatic rings. The largest absolute Gasteiger partial charge is 0.392 e. The van der Waals surface area contributed by atoms with Crippen LogP contribution >= 0.6 is 0 Å². The van der Waals surface area contributed by atoms with E-state index in [0.717, 1.165) is 12.8 Å². The van der Waals surface area contributed by atoms with Gasteiger partial charge < -0.3 is 5.11 Å². The smallest absolute Gasteiger partial charge is 0.0642 e. The monoisotopic (exact) mass is 176 g/mol. The van der Waals surface area contributed by atoms with Crippen molar-refractivity contribution in [1.82, 2.24) is 0 Å². The predicted molar refractivity (Wildman–Crippen MR) is 52.2 cm³/mol. The fourth-order valence-electron chi connectivity index (χ4n) is 3.42. The molecule has 1 saturated carbocycles. The van der Waals surface area contributed by atoms with Gasteiger partial charge >= 0.3 is 0 Å². The van der Waals surface area contributed by atoms with Crippen LogP contribution in [0.4, 0.5) is 0 Å². The van der Waals surface area contributed by atoms with Gasteiger partial charge in [0, 0.05) is 5.41 Å². The van der Waals surface area contributed by atoms with Crippen molar-refractivity contribution in [2.24, 2.45) is 17.3 Å². The molecule has 4 atom stereocenters. The van der Waals surface area contributed by atoms with Crippen LogP contribution in [-0.2, 0) is 0 Å². The average Bonchev–Trinajstić information content (AvgIpc) is 2.09. The molecule has 0 aromatic carbocycles. The molecule has 1 N–H and O–H groups in total. The summed E-state index contributed by atoms with van der Waals surface area (Å²) >= 11 is 0. The molecule has 1 spiro atoms. The minimum atomic E-state index is -0.0776. The summed E-state index contributed by atoms with van der Waals surface area (Å²) in [6.45, 7) is 0. The summed E-state index contributed by atoms with van der Waals surface area (Å²) in [6, 6.07) is 0. The zero-order chi connectivity index (χ0) is 8.89. The molecule has 0 unspecified atom stereocenters. The normalized spacial score (nSPS) is 52.2. The molecule has 0 aliphatic heterocycles. The van der Waals surface area contributed by atoms with Gasteiger partial charge in [-0.2, -0.15) is 0 Å². The van der Waals surface area contributed by atoms with Crippen LogP contribution in [0.1, 0.15) is 25.7 Å². The van der Waals surface area contributed by atoms with Crippen LogP contribution in [0.25, 0.3) is 0 Å². The Balaban J connectivity index is 2.02. The third-order valence-corrected chi connectivity index (χ3v) is 4.23. The van der Waals surface area contributed by atoms with Crippen LogP contribution < -0.4 is 0 Å². The number of rotatable bonds is 0. The topological polar surface area (TPSA) is 20.2 Å². The number of hydrogen-bond donors (Lipinski definition) is 1. The molecule has 70 valence electrons. The van der Waals surface area contributed by atoms with Crippen molar-refractivity contribution in [2.45, 2.75) is 31.8 Å². The summed E-state index contributed by atoms with van der Waals surface area (Å²) in [5.74, 6) is 1.26. The summed E-state index contributed by atoms with van der Waals surface area (Å²) in [7, 11) is 0. The first-order valence-electron chi connectivity index (χ1n) is 5.38. The maximum absolute atomic E-state index is 10.1. The standard InChI is InChI=1S/C12H16O/c13-11-6-2-5-9-3-1-4-10-7-8-12(9,10)11/h1,3,7-11,13H,2,4-6H2/t9-,10-,11+,12-/m1/s1. The molecule has 0 amide bonds. The number of aliphatic hydroxyl groups is 1. The van der Waals surface area contributed by atoms with E-state index in [1.807, 2.05) is 0 Å². The van der Waals surface area contributed by atoms with E-state index in [2.05, 4.69) is 24.3 Å². The van der Waals surface area contributed by atoms with Gasteiger partial charge in [0.15, 0.2) is 0 Å². The minimum Gasteiger partial charge on any atom is -0.392 e. The van der Waals surface area contributed by atoms with Crippen molar-refractivity contribution in [3.05, 3.63) is 24.3 Å². The highest BCUT2D eigenvalue weighted by molar-refractivity contribution is 5.30. The van der Waals surface area contributed by atoms with Gasteiger partial charge in [-0.15, -0.1) is 0 Å². The van der Waals surface area contributed by atoms with Crippen LogP contribution in [0.5, 0.6) is 0 Å². The van der Waals surface area contributed by atoms with E-state index in [4.69, 9.17) is 0 Å². The predicted octanol–water partition coefficient (Wildman–Crippen LogP) is 2.28. The van der Waals surface area contributed by atoms with E-state index in [1.165, 1.54) is 12.8 Å². The molecule has 3 aliphatic carbocycles. The van der Waals surface area contributed by atoms with Gasteiger partial charge in [0.2, 0.25) is 0 Å². The quantitative estimate of drug-likeness (QED) is 0.561. The third kappa shape index (κ3) is 0.812. The maximum Gasteiger partial charge on any atom is 0.0642 e. The lowest BCUT2D eigenvalue weighted by Gasteiger charge is -2.55. The second kappa shape index (κ2) is 2.48. The van der Waals surface area contributed by atoms with E-state index in [-0.39, 0.29) is 11.5 Å². The number of allylic oxidation sites excluding steroid dienone is 3. The number of aliphatic hydroxyl groups excluding tert-OH is 1. The highest BCUT2D eigenvalue weighted by Crippen LogP contribution is 2.57. The van der Waals surface area contributed by atoms with Crippen LogP contribution in [0.15, 0.2) is 24.3 Å². The zero-order valence-corrected chi connectivity index (χ0v) is 7.82. The Morgan fingerprint density at radius 1 is 1.15 bits per heavy atom. The Labute approximate surface area is 79.2 Å². The Morgan fingerprint density at radius 2 is 2.08 bits per heavy atom. The first-order valence-corrected chi connectivity index (χ1v) is 5.38.